The Morgan fingerprint density at radius 3 is 2.50 bits per heavy atom. The Balaban J connectivity index is 2.40. The molecule has 2 aromatic carbocycles. The van der Waals surface area contributed by atoms with Crippen molar-refractivity contribution < 1.29 is 4.74 Å². The predicted octanol–water partition coefficient (Wildman–Crippen LogP) is 5.09. The molecular weight excluding hydrogens is 314 g/mol. The van der Waals surface area contributed by atoms with Crippen molar-refractivity contribution in [1.29, 1.82) is 0 Å². The van der Waals surface area contributed by atoms with Crippen molar-refractivity contribution in [2.24, 2.45) is 0 Å². The van der Waals surface area contributed by atoms with Gasteiger partial charge in [-0.15, -0.1) is 0 Å². The monoisotopic (exact) mass is 325 g/mol. The van der Waals surface area contributed by atoms with Gasteiger partial charge in [-0.25, -0.2) is 0 Å². The molecule has 0 unspecified atom stereocenters. The summed E-state index contributed by atoms with van der Waals surface area (Å²) >= 11 is 9.41. The molecule has 2 rings (SSSR count). The molecule has 0 aromatic heterocycles. The van der Waals surface area contributed by atoms with E-state index in [2.05, 4.69) is 15.9 Å². The minimum Gasteiger partial charge on any atom is -0.456 e. The van der Waals surface area contributed by atoms with E-state index in [9.17, 15) is 0 Å². The zero-order chi connectivity index (χ0) is 13.3. The second-order valence-electron chi connectivity index (χ2n) is 4.15. The van der Waals surface area contributed by atoms with Gasteiger partial charge in [0, 0.05) is 10.7 Å². The largest absolute Gasteiger partial charge is 0.456 e. The van der Waals surface area contributed by atoms with E-state index in [1.54, 1.807) is 6.07 Å². The Morgan fingerprint density at radius 2 is 1.78 bits per heavy atom. The number of nitrogen functional groups attached to an aromatic ring is 1. The first-order valence-corrected chi connectivity index (χ1v) is 6.64. The summed E-state index contributed by atoms with van der Waals surface area (Å²) in [7, 11) is 0. The SMILES string of the molecule is Cc1cc(Oc2cc(Cl)ccc2C)c(Br)cc1N. The molecule has 2 N–H and O–H groups in total. The molecule has 0 bridgehead atoms. The summed E-state index contributed by atoms with van der Waals surface area (Å²) in [5.41, 5.74) is 8.57. The van der Waals surface area contributed by atoms with E-state index in [1.165, 1.54) is 0 Å². The van der Waals surface area contributed by atoms with Crippen LogP contribution in [-0.4, -0.2) is 0 Å². The van der Waals surface area contributed by atoms with E-state index in [1.807, 2.05) is 38.1 Å². The maximum Gasteiger partial charge on any atom is 0.142 e. The Bertz CT molecular complexity index is 599. The highest BCUT2D eigenvalue weighted by Gasteiger charge is 2.08. The summed E-state index contributed by atoms with van der Waals surface area (Å²) < 4.78 is 6.69. The van der Waals surface area contributed by atoms with Crippen LogP contribution in [0.3, 0.4) is 0 Å². The minimum atomic E-state index is 0.652. The third-order valence-electron chi connectivity index (χ3n) is 2.69. The smallest absolute Gasteiger partial charge is 0.142 e. The molecule has 0 spiro atoms. The first-order chi connectivity index (χ1) is 8.47. The van der Waals surface area contributed by atoms with Gasteiger partial charge in [-0.1, -0.05) is 17.7 Å². The van der Waals surface area contributed by atoms with Crippen LogP contribution in [0, 0.1) is 13.8 Å². The van der Waals surface area contributed by atoms with E-state index in [-0.39, 0.29) is 0 Å². The normalized spacial score (nSPS) is 10.4. The van der Waals surface area contributed by atoms with Gasteiger partial charge >= 0.3 is 0 Å². The second kappa shape index (κ2) is 5.21. The topological polar surface area (TPSA) is 35.2 Å². The first kappa shape index (κ1) is 13.2. The third-order valence-corrected chi connectivity index (χ3v) is 3.55. The maximum absolute atomic E-state index is 5.97. The van der Waals surface area contributed by atoms with Crippen LogP contribution in [0.25, 0.3) is 0 Å². The lowest BCUT2D eigenvalue weighted by atomic mass is 10.2. The van der Waals surface area contributed by atoms with E-state index in [4.69, 9.17) is 22.1 Å². The molecule has 2 nitrogen and oxygen atoms in total. The third kappa shape index (κ3) is 2.79. The van der Waals surface area contributed by atoms with Gasteiger partial charge in [-0.05, 0) is 65.2 Å². The summed E-state index contributed by atoms with van der Waals surface area (Å²) in [4.78, 5) is 0. The van der Waals surface area contributed by atoms with Crippen LogP contribution in [0.5, 0.6) is 11.5 Å². The van der Waals surface area contributed by atoms with Gasteiger partial charge in [0.15, 0.2) is 0 Å². The number of aryl methyl sites for hydroxylation is 2. The summed E-state index contributed by atoms with van der Waals surface area (Å²) in [5.74, 6) is 1.47. The summed E-state index contributed by atoms with van der Waals surface area (Å²) in [5, 5.41) is 0.652. The number of hydrogen-bond acceptors (Lipinski definition) is 2. The lowest BCUT2D eigenvalue weighted by Gasteiger charge is -2.12. The standard InChI is InChI=1S/C14H13BrClNO/c1-8-3-4-10(16)6-13(8)18-14-5-9(2)12(17)7-11(14)15/h3-7H,17H2,1-2H3. The molecule has 0 aliphatic heterocycles. The molecule has 0 saturated heterocycles. The van der Waals surface area contributed by atoms with Crippen LogP contribution >= 0.6 is 27.5 Å². The zero-order valence-electron chi connectivity index (χ0n) is 10.1. The van der Waals surface area contributed by atoms with Gasteiger partial charge in [0.1, 0.15) is 11.5 Å². The van der Waals surface area contributed by atoms with Crippen LogP contribution in [0.4, 0.5) is 5.69 Å². The van der Waals surface area contributed by atoms with Crippen LogP contribution in [0.1, 0.15) is 11.1 Å². The molecule has 0 aliphatic rings. The van der Waals surface area contributed by atoms with E-state index >= 15 is 0 Å². The number of ether oxygens (including phenoxy) is 1. The van der Waals surface area contributed by atoms with Gasteiger partial charge in [0.05, 0.1) is 4.47 Å². The van der Waals surface area contributed by atoms with Crippen molar-refractivity contribution >= 4 is 33.2 Å². The summed E-state index contributed by atoms with van der Waals surface area (Å²) in [6.07, 6.45) is 0. The van der Waals surface area contributed by atoms with E-state index in [0.29, 0.717) is 5.02 Å². The fourth-order valence-corrected chi connectivity index (χ4v) is 2.16. The molecule has 0 amide bonds. The Labute approximate surface area is 120 Å². The maximum atomic E-state index is 5.97. The Morgan fingerprint density at radius 1 is 1.06 bits per heavy atom. The summed E-state index contributed by atoms with van der Waals surface area (Å²) in [6, 6.07) is 9.31. The van der Waals surface area contributed by atoms with Crippen LogP contribution in [0.15, 0.2) is 34.8 Å². The molecular formula is C14H13BrClNO. The molecule has 0 saturated carbocycles. The second-order valence-corrected chi connectivity index (χ2v) is 5.44. The van der Waals surface area contributed by atoms with Crippen molar-refractivity contribution in [3.63, 3.8) is 0 Å². The number of rotatable bonds is 2. The predicted molar refractivity (Wildman–Crippen MR) is 79.6 cm³/mol. The van der Waals surface area contributed by atoms with Crippen molar-refractivity contribution in [3.8, 4) is 11.5 Å². The number of nitrogens with two attached hydrogens (primary N) is 1. The average Bonchev–Trinajstić information content (AvgIpc) is 2.30. The van der Waals surface area contributed by atoms with Crippen molar-refractivity contribution in [2.75, 3.05) is 5.73 Å². The first-order valence-electron chi connectivity index (χ1n) is 5.47. The summed E-state index contributed by atoms with van der Waals surface area (Å²) in [6.45, 7) is 3.92. The van der Waals surface area contributed by atoms with Crippen LogP contribution < -0.4 is 10.5 Å². The van der Waals surface area contributed by atoms with Gasteiger partial charge in [0.2, 0.25) is 0 Å². The van der Waals surface area contributed by atoms with Crippen molar-refractivity contribution in [3.05, 3.63) is 51.0 Å². The molecule has 0 heterocycles. The van der Waals surface area contributed by atoms with E-state index < -0.39 is 0 Å². The number of anilines is 1. The number of hydrogen-bond donors (Lipinski definition) is 1. The van der Waals surface area contributed by atoms with E-state index in [0.717, 1.165) is 32.8 Å². The molecule has 18 heavy (non-hydrogen) atoms. The highest BCUT2D eigenvalue weighted by atomic mass is 79.9. The minimum absolute atomic E-state index is 0.652. The van der Waals surface area contributed by atoms with Gasteiger partial charge in [-0.3, -0.25) is 0 Å². The van der Waals surface area contributed by atoms with Gasteiger partial charge in [-0.2, -0.15) is 0 Å². The fourth-order valence-electron chi connectivity index (χ4n) is 1.55. The molecule has 4 heteroatoms. The van der Waals surface area contributed by atoms with Gasteiger partial charge in [0.25, 0.3) is 0 Å². The van der Waals surface area contributed by atoms with Crippen LogP contribution in [0.2, 0.25) is 5.02 Å². The van der Waals surface area contributed by atoms with Crippen molar-refractivity contribution in [2.45, 2.75) is 13.8 Å². The average molecular weight is 327 g/mol. The highest BCUT2D eigenvalue weighted by Crippen LogP contribution is 2.35. The zero-order valence-corrected chi connectivity index (χ0v) is 12.5. The molecule has 0 radical (unpaired) electrons. The number of halogens is 2. The lowest BCUT2D eigenvalue weighted by Crippen LogP contribution is -1.93. The Kier molecular flexibility index (Phi) is 3.83. The van der Waals surface area contributed by atoms with Crippen molar-refractivity contribution in [1.82, 2.24) is 0 Å². The Hall–Kier alpha value is -1.19. The van der Waals surface area contributed by atoms with Gasteiger partial charge < -0.3 is 10.5 Å². The molecule has 0 fully saturated rings. The molecule has 2 aromatic rings. The fraction of sp³-hybridized carbons (Fsp3) is 0.143. The van der Waals surface area contributed by atoms with Crippen LogP contribution in [-0.2, 0) is 0 Å². The molecule has 0 atom stereocenters. The highest BCUT2D eigenvalue weighted by molar-refractivity contribution is 9.10. The lowest BCUT2D eigenvalue weighted by molar-refractivity contribution is 0.475. The number of benzene rings is 2. The molecule has 94 valence electrons. The quantitative estimate of drug-likeness (QED) is 0.780. The molecule has 0 aliphatic carbocycles.